The van der Waals surface area contributed by atoms with Crippen molar-refractivity contribution in [3.05, 3.63) is 53.3 Å². The van der Waals surface area contributed by atoms with E-state index in [1.807, 2.05) is 10.8 Å². The molecule has 17 heavy (non-hydrogen) atoms. The monoisotopic (exact) mass is 253 g/mol. The molecule has 0 aliphatic carbocycles. The number of aromatic nitrogens is 2. The van der Waals surface area contributed by atoms with Crippen LogP contribution in [0.5, 0.6) is 0 Å². The van der Waals surface area contributed by atoms with E-state index in [9.17, 15) is 4.39 Å². The first-order valence-corrected chi connectivity index (χ1v) is 5.73. The molecule has 0 atom stereocenters. The molecule has 1 heterocycles. The fourth-order valence-electron chi connectivity index (χ4n) is 1.57. The van der Waals surface area contributed by atoms with Crippen LogP contribution in [0, 0.1) is 5.82 Å². The van der Waals surface area contributed by atoms with E-state index in [1.165, 1.54) is 12.1 Å². The molecule has 0 aliphatic rings. The Balaban J connectivity index is 1.78. The lowest BCUT2D eigenvalue weighted by Crippen LogP contribution is -2.19. The van der Waals surface area contributed by atoms with Crippen molar-refractivity contribution in [2.24, 2.45) is 0 Å². The van der Waals surface area contributed by atoms with E-state index in [2.05, 4.69) is 10.3 Å². The number of nitrogens with zero attached hydrogens (tertiary/aromatic N) is 2. The van der Waals surface area contributed by atoms with Crippen LogP contribution in [0.1, 0.15) is 5.56 Å². The third kappa shape index (κ3) is 3.84. The third-order valence-corrected chi connectivity index (χ3v) is 2.58. The van der Waals surface area contributed by atoms with Gasteiger partial charge in [-0.1, -0.05) is 11.6 Å². The van der Waals surface area contributed by atoms with Crippen LogP contribution in [0.3, 0.4) is 0 Å². The van der Waals surface area contributed by atoms with Crippen molar-refractivity contribution in [1.29, 1.82) is 0 Å². The van der Waals surface area contributed by atoms with E-state index in [0.717, 1.165) is 18.7 Å². The Bertz CT molecular complexity index is 450. The molecule has 90 valence electrons. The highest BCUT2D eigenvalue weighted by molar-refractivity contribution is 6.30. The predicted octanol–water partition coefficient (Wildman–Crippen LogP) is 2.47. The summed E-state index contributed by atoms with van der Waals surface area (Å²) in [5.74, 6) is -0.302. The van der Waals surface area contributed by atoms with Crippen molar-refractivity contribution in [3.63, 3.8) is 0 Å². The second-order valence-corrected chi connectivity index (χ2v) is 4.19. The van der Waals surface area contributed by atoms with Crippen LogP contribution in [0.2, 0.25) is 5.02 Å². The maximum atomic E-state index is 13.0. The van der Waals surface area contributed by atoms with E-state index in [0.29, 0.717) is 11.6 Å². The Kier molecular flexibility index (Phi) is 4.12. The molecule has 0 spiro atoms. The van der Waals surface area contributed by atoms with Gasteiger partial charge in [-0.2, -0.15) is 0 Å². The van der Waals surface area contributed by atoms with Crippen LogP contribution in [0.4, 0.5) is 4.39 Å². The number of imidazole rings is 1. The van der Waals surface area contributed by atoms with Crippen molar-refractivity contribution in [2.75, 3.05) is 6.54 Å². The third-order valence-electron chi connectivity index (χ3n) is 2.36. The molecule has 3 nitrogen and oxygen atoms in total. The van der Waals surface area contributed by atoms with Gasteiger partial charge < -0.3 is 9.88 Å². The lowest BCUT2D eigenvalue weighted by molar-refractivity contribution is 0.591. The molecule has 0 unspecified atom stereocenters. The summed E-state index contributed by atoms with van der Waals surface area (Å²) in [7, 11) is 0. The highest BCUT2D eigenvalue weighted by Crippen LogP contribution is 2.13. The Labute approximate surface area is 104 Å². The van der Waals surface area contributed by atoms with Gasteiger partial charge in [0.2, 0.25) is 0 Å². The molecule has 0 saturated heterocycles. The molecule has 1 N–H and O–H groups in total. The minimum atomic E-state index is -0.302. The Morgan fingerprint density at radius 3 is 2.94 bits per heavy atom. The molecular formula is C12H13ClFN3. The van der Waals surface area contributed by atoms with Gasteiger partial charge in [0.1, 0.15) is 5.82 Å². The van der Waals surface area contributed by atoms with Crippen LogP contribution in [0.15, 0.2) is 36.9 Å². The molecule has 5 heteroatoms. The van der Waals surface area contributed by atoms with Crippen molar-refractivity contribution in [1.82, 2.24) is 14.9 Å². The van der Waals surface area contributed by atoms with Crippen molar-refractivity contribution in [2.45, 2.75) is 13.1 Å². The number of benzene rings is 1. The average Bonchev–Trinajstić information content (AvgIpc) is 2.76. The maximum Gasteiger partial charge on any atom is 0.125 e. The average molecular weight is 254 g/mol. The predicted molar refractivity (Wildman–Crippen MR) is 65.3 cm³/mol. The zero-order chi connectivity index (χ0) is 12.1. The molecule has 2 aromatic rings. The molecule has 0 fully saturated rings. The van der Waals surface area contributed by atoms with Gasteiger partial charge in [-0.3, -0.25) is 0 Å². The van der Waals surface area contributed by atoms with Crippen LogP contribution in [-0.4, -0.2) is 16.1 Å². The largest absolute Gasteiger partial charge is 0.336 e. The quantitative estimate of drug-likeness (QED) is 0.830. The summed E-state index contributed by atoms with van der Waals surface area (Å²) in [6.07, 6.45) is 5.41. The maximum absolute atomic E-state index is 13.0. The first kappa shape index (κ1) is 12.1. The summed E-state index contributed by atoms with van der Waals surface area (Å²) in [6.45, 7) is 2.24. The zero-order valence-corrected chi connectivity index (χ0v) is 9.99. The summed E-state index contributed by atoms with van der Waals surface area (Å²) < 4.78 is 15.0. The number of hydrogen-bond donors (Lipinski definition) is 1. The smallest absolute Gasteiger partial charge is 0.125 e. The fourth-order valence-corrected chi connectivity index (χ4v) is 1.82. The molecule has 0 amide bonds. The lowest BCUT2D eigenvalue weighted by atomic mass is 10.2. The van der Waals surface area contributed by atoms with Gasteiger partial charge in [0.05, 0.1) is 6.33 Å². The van der Waals surface area contributed by atoms with Crippen LogP contribution in [-0.2, 0) is 13.1 Å². The number of hydrogen-bond acceptors (Lipinski definition) is 2. The van der Waals surface area contributed by atoms with Crippen LogP contribution >= 0.6 is 11.6 Å². The van der Waals surface area contributed by atoms with Gasteiger partial charge in [0.15, 0.2) is 0 Å². The normalized spacial score (nSPS) is 10.7. The van der Waals surface area contributed by atoms with Crippen LogP contribution in [0.25, 0.3) is 0 Å². The first-order chi connectivity index (χ1) is 8.24. The molecular weight excluding hydrogens is 241 g/mol. The van der Waals surface area contributed by atoms with Gasteiger partial charge in [-0.05, 0) is 23.8 Å². The van der Waals surface area contributed by atoms with E-state index in [-0.39, 0.29) is 5.82 Å². The van der Waals surface area contributed by atoms with E-state index in [1.54, 1.807) is 18.6 Å². The Morgan fingerprint density at radius 1 is 1.35 bits per heavy atom. The standard InChI is InChI=1S/C12H13ClFN3/c13-11-5-10(6-12(14)7-11)8-15-1-3-17-4-2-16-9-17/h2,4-7,9,15H,1,3,8H2. The topological polar surface area (TPSA) is 29.9 Å². The number of rotatable bonds is 5. The van der Waals surface area contributed by atoms with Gasteiger partial charge >= 0.3 is 0 Å². The molecule has 0 aliphatic heterocycles. The van der Waals surface area contributed by atoms with Crippen LogP contribution < -0.4 is 5.32 Å². The lowest BCUT2D eigenvalue weighted by Gasteiger charge is -2.06. The molecule has 1 aromatic heterocycles. The Morgan fingerprint density at radius 2 is 2.24 bits per heavy atom. The minimum Gasteiger partial charge on any atom is -0.336 e. The summed E-state index contributed by atoms with van der Waals surface area (Å²) in [5.41, 5.74) is 0.848. The molecule has 2 rings (SSSR count). The van der Waals surface area contributed by atoms with Gasteiger partial charge in [0, 0.05) is 37.1 Å². The van der Waals surface area contributed by atoms with E-state index in [4.69, 9.17) is 11.6 Å². The van der Waals surface area contributed by atoms with Gasteiger partial charge in [-0.25, -0.2) is 9.37 Å². The van der Waals surface area contributed by atoms with Gasteiger partial charge in [-0.15, -0.1) is 0 Å². The summed E-state index contributed by atoms with van der Waals surface area (Å²) in [6, 6.07) is 4.54. The summed E-state index contributed by atoms with van der Waals surface area (Å²) in [5, 5.41) is 3.65. The SMILES string of the molecule is Fc1cc(Cl)cc(CNCCn2ccnc2)c1. The van der Waals surface area contributed by atoms with E-state index < -0.39 is 0 Å². The molecule has 0 saturated carbocycles. The Hall–Kier alpha value is -1.39. The summed E-state index contributed by atoms with van der Waals surface area (Å²) in [4.78, 5) is 3.95. The summed E-state index contributed by atoms with van der Waals surface area (Å²) >= 11 is 5.76. The van der Waals surface area contributed by atoms with E-state index >= 15 is 0 Å². The molecule has 1 aromatic carbocycles. The first-order valence-electron chi connectivity index (χ1n) is 5.35. The minimum absolute atomic E-state index is 0.302. The molecule has 0 bridgehead atoms. The van der Waals surface area contributed by atoms with Gasteiger partial charge in [0.25, 0.3) is 0 Å². The van der Waals surface area contributed by atoms with Crippen molar-refractivity contribution < 1.29 is 4.39 Å². The number of halogens is 2. The molecule has 0 radical (unpaired) electrons. The zero-order valence-electron chi connectivity index (χ0n) is 9.24. The highest BCUT2D eigenvalue weighted by Gasteiger charge is 1.99. The van der Waals surface area contributed by atoms with Crippen molar-refractivity contribution in [3.8, 4) is 0 Å². The second-order valence-electron chi connectivity index (χ2n) is 3.75. The highest BCUT2D eigenvalue weighted by atomic mass is 35.5. The number of nitrogens with one attached hydrogen (secondary N) is 1. The second kappa shape index (κ2) is 5.80. The van der Waals surface area contributed by atoms with Crippen molar-refractivity contribution >= 4 is 11.6 Å². The fraction of sp³-hybridized carbons (Fsp3) is 0.250.